The lowest BCUT2D eigenvalue weighted by Crippen LogP contribution is -2.39. The second kappa shape index (κ2) is 10.5. The van der Waals surface area contributed by atoms with Gasteiger partial charge in [0.2, 0.25) is 0 Å². The molecule has 0 bridgehead atoms. The summed E-state index contributed by atoms with van der Waals surface area (Å²) in [5, 5.41) is 3.10. The average Bonchev–Trinajstić information content (AvgIpc) is 2.99. The predicted molar refractivity (Wildman–Crippen MR) is 93.3 cm³/mol. The summed E-state index contributed by atoms with van der Waals surface area (Å²) >= 11 is 0. The number of carbonyl (C=O) groups excluding carboxylic acids is 1. The number of hydrogen-bond acceptors (Lipinski definition) is 4. The molecule has 1 amide bonds. The monoisotopic (exact) mass is 342 g/mol. The number of rotatable bonds is 8. The molecule has 1 aliphatic rings. The highest BCUT2D eigenvalue weighted by Gasteiger charge is 2.27. The van der Waals surface area contributed by atoms with Gasteiger partial charge in [-0.15, -0.1) is 12.4 Å². The van der Waals surface area contributed by atoms with Crippen molar-refractivity contribution < 1.29 is 14.3 Å². The predicted octanol–water partition coefficient (Wildman–Crippen LogP) is 2.38. The highest BCUT2D eigenvalue weighted by molar-refractivity contribution is 5.94. The van der Waals surface area contributed by atoms with Gasteiger partial charge in [0.25, 0.3) is 5.91 Å². The maximum atomic E-state index is 12.3. The zero-order valence-electron chi connectivity index (χ0n) is 13.6. The topological polar surface area (TPSA) is 73.6 Å². The van der Waals surface area contributed by atoms with E-state index < -0.39 is 0 Å². The smallest absolute Gasteiger partial charge is 0.251 e. The van der Waals surface area contributed by atoms with Crippen LogP contribution in [0.5, 0.6) is 5.75 Å². The van der Waals surface area contributed by atoms with Crippen LogP contribution < -0.4 is 15.8 Å². The highest BCUT2D eigenvalue weighted by atomic mass is 35.5. The Morgan fingerprint density at radius 1 is 1.26 bits per heavy atom. The summed E-state index contributed by atoms with van der Waals surface area (Å²) in [4.78, 5) is 12.3. The molecule has 2 unspecified atom stereocenters. The third-order valence-electron chi connectivity index (χ3n) is 4.16. The fourth-order valence-corrected chi connectivity index (χ4v) is 2.86. The molecular formula is C17H27ClN2O3. The van der Waals surface area contributed by atoms with E-state index in [0.29, 0.717) is 31.2 Å². The molecule has 2 atom stereocenters. The largest absolute Gasteiger partial charge is 0.494 e. The third kappa shape index (κ3) is 6.01. The Hall–Kier alpha value is -1.30. The molecule has 3 N–H and O–H groups in total. The molecule has 130 valence electrons. The second-order valence-corrected chi connectivity index (χ2v) is 5.73. The maximum Gasteiger partial charge on any atom is 0.251 e. The summed E-state index contributed by atoms with van der Waals surface area (Å²) in [5.74, 6) is 1.15. The van der Waals surface area contributed by atoms with Gasteiger partial charge in [0.1, 0.15) is 5.75 Å². The zero-order valence-corrected chi connectivity index (χ0v) is 14.4. The summed E-state index contributed by atoms with van der Waals surface area (Å²) in [6.07, 6.45) is 4.12. The minimum atomic E-state index is -0.0312. The van der Waals surface area contributed by atoms with Crippen LogP contribution in [-0.4, -0.2) is 38.8 Å². The van der Waals surface area contributed by atoms with Crippen molar-refractivity contribution in [3.63, 3.8) is 0 Å². The van der Waals surface area contributed by atoms with Gasteiger partial charge in [0.05, 0.1) is 6.61 Å². The van der Waals surface area contributed by atoms with Crippen molar-refractivity contribution in [3.8, 4) is 5.75 Å². The van der Waals surface area contributed by atoms with Crippen molar-refractivity contribution in [1.82, 2.24) is 5.32 Å². The molecule has 6 heteroatoms. The second-order valence-electron chi connectivity index (χ2n) is 5.73. The minimum absolute atomic E-state index is 0. The van der Waals surface area contributed by atoms with Crippen LogP contribution in [0.25, 0.3) is 0 Å². The van der Waals surface area contributed by atoms with Crippen molar-refractivity contribution in [2.45, 2.75) is 31.7 Å². The Kier molecular flexibility index (Phi) is 8.99. The van der Waals surface area contributed by atoms with E-state index in [2.05, 4.69) is 5.32 Å². The van der Waals surface area contributed by atoms with Gasteiger partial charge in [-0.25, -0.2) is 0 Å². The van der Waals surface area contributed by atoms with Crippen LogP contribution in [0, 0.1) is 5.92 Å². The Labute approximate surface area is 144 Å². The van der Waals surface area contributed by atoms with E-state index in [1.165, 1.54) is 0 Å². The van der Waals surface area contributed by atoms with Crippen LogP contribution in [0.3, 0.4) is 0 Å². The van der Waals surface area contributed by atoms with Crippen LogP contribution in [0.2, 0.25) is 0 Å². The summed E-state index contributed by atoms with van der Waals surface area (Å²) < 4.78 is 10.6. The van der Waals surface area contributed by atoms with Crippen LogP contribution in [0.4, 0.5) is 0 Å². The number of methoxy groups -OCH3 is 1. The first-order valence-corrected chi connectivity index (χ1v) is 7.97. The lowest BCUT2D eigenvalue weighted by atomic mass is 10.0. The van der Waals surface area contributed by atoms with Gasteiger partial charge in [-0.05, 0) is 49.6 Å². The molecule has 2 rings (SSSR count). The van der Waals surface area contributed by atoms with Crippen LogP contribution >= 0.6 is 12.4 Å². The highest BCUT2D eigenvalue weighted by Crippen LogP contribution is 2.25. The van der Waals surface area contributed by atoms with Gasteiger partial charge in [-0.1, -0.05) is 6.42 Å². The molecule has 1 fully saturated rings. The number of hydrogen-bond donors (Lipinski definition) is 2. The van der Waals surface area contributed by atoms with E-state index in [1.807, 2.05) is 12.1 Å². The Bertz CT molecular complexity index is 467. The summed E-state index contributed by atoms with van der Waals surface area (Å²) in [7, 11) is 1.67. The van der Waals surface area contributed by atoms with Crippen molar-refractivity contribution in [2.75, 3.05) is 26.9 Å². The molecule has 5 nitrogen and oxygen atoms in total. The van der Waals surface area contributed by atoms with Crippen LogP contribution in [0.1, 0.15) is 36.0 Å². The normalized spacial score (nSPS) is 19.9. The standard InChI is InChI=1S/C17H26N2O3.ClH/c1-21-10-3-11-22-15-8-6-13(7-9-15)17(20)19-16-5-2-4-14(16)12-18;/h6-9,14,16H,2-5,10-12,18H2,1H3,(H,19,20);1H. The number of benzene rings is 1. The molecule has 0 heterocycles. The zero-order chi connectivity index (χ0) is 15.8. The molecule has 0 aromatic heterocycles. The first-order chi connectivity index (χ1) is 10.7. The lowest BCUT2D eigenvalue weighted by molar-refractivity contribution is 0.0928. The molecule has 1 aromatic rings. The van der Waals surface area contributed by atoms with Crippen molar-refractivity contribution in [2.24, 2.45) is 11.7 Å². The van der Waals surface area contributed by atoms with Gasteiger partial charge in [-0.3, -0.25) is 4.79 Å². The molecular weight excluding hydrogens is 316 g/mol. The lowest BCUT2D eigenvalue weighted by Gasteiger charge is -2.19. The Morgan fingerprint density at radius 3 is 2.65 bits per heavy atom. The van der Waals surface area contributed by atoms with Crippen LogP contribution in [-0.2, 0) is 4.74 Å². The molecule has 1 aliphatic carbocycles. The van der Waals surface area contributed by atoms with E-state index in [0.717, 1.165) is 31.4 Å². The number of nitrogens with one attached hydrogen (secondary N) is 1. The molecule has 0 saturated heterocycles. The molecule has 0 spiro atoms. The van der Waals surface area contributed by atoms with E-state index in [-0.39, 0.29) is 24.4 Å². The van der Waals surface area contributed by atoms with Gasteiger partial charge >= 0.3 is 0 Å². The number of ether oxygens (including phenoxy) is 2. The van der Waals surface area contributed by atoms with Crippen molar-refractivity contribution in [3.05, 3.63) is 29.8 Å². The Balaban J connectivity index is 0.00000264. The quantitative estimate of drug-likeness (QED) is 0.711. The van der Waals surface area contributed by atoms with Gasteiger partial charge in [0.15, 0.2) is 0 Å². The van der Waals surface area contributed by atoms with E-state index in [4.69, 9.17) is 15.2 Å². The molecule has 1 saturated carbocycles. The number of halogens is 1. The fraction of sp³-hybridized carbons (Fsp3) is 0.588. The van der Waals surface area contributed by atoms with E-state index >= 15 is 0 Å². The first kappa shape index (κ1) is 19.7. The molecule has 23 heavy (non-hydrogen) atoms. The summed E-state index contributed by atoms with van der Waals surface area (Å²) in [5.41, 5.74) is 6.41. The third-order valence-corrected chi connectivity index (χ3v) is 4.16. The van der Waals surface area contributed by atoms with Crippen molar-refractivity contribution >= 4 is 18.3 Å². The molecule has 1 aromatic carbocycles. The molecule has 0 aliphatic heterocycles. The summed E-state index contributed by atoms with van der Waals surface area (Å²) in [6.45, 7) is 1.93. The number of nitrogens with two attached hydrogens (primary N) is 1. The number of carbonyl (C=O) groups is 1. The van der Waals surface area contributed by atoms with Crippen molar-refractivity contribution in [1.29, 1.82) is 0 Å². The molecule has 0 radical (unpaired) electrons. The van der Waals surface area contributed by atoms with Gasteiger partial charge in [0, 0.05) is 31.7 Å². The SMILES string of the molecule is COCCCOc1ccc(C(=O)NC2CCCC2CN)cc1.Cl. The summed E-state index contributed by atoms with van der Waals surface area (Å²) in [6, 6.07) is 7.47. The van der Waals surface area contributed by atoms with Crippen LogP contribution in [0.15, 0.2) is 24.3 Å². The van der Waals surface area contributed by atoms with E-state index in [1.54, 1.807) is 19.2 Å². The van der Waals surface area contributed by atoms with E-state index in [9.17, 15) is 4.79 Å². The first-order valence-electron chi connectivity index (χ1n) is 7.97. The maximum absolute atomic E-state index is 12.3. The Morgan fingerprint density at radius 2 is 2.00 bits per heavy atom. The number of amides is 1. The van der Waals surface area contributed by atoms with Gasteiger partial charge in [-0.2, -0.15) is 0 Å². The fourth-order valence-electron chi connectivity index (χ4n) is 2.86. The minimum Gasteiger partial charge on any atom is -0.494 e. The average molecular weight is 343 g/mol. The van der Waals surface area contributed by atoms with Gasteiger partial charge < -0.3 is 20.5 Å².